The summed E-state index contributed by atoms with van der Waals surface area (Å²) in [5.41, 5.74) is 3.72. The van der Waals surface area contributed by atoms with E-state index in [4.69, 9.17) is 46.4 Å². The number of hydrogen-bond acceptors (Lipinski definition) is 7. The van der Waals surface area contributed by atoms with Crippen molar-refractivity contribution in [2.45, 2.75) is 90.5 Å². The normalized spacial score (nSPS) is 8.94. The summed E-state index contributed by atoms with van der Waals surface area (Å²) in [6.45, 7) is 21.3. The van der Waals surface area contributed by atoms with Gasteiger partial charge in [-0.25, -0.2) is 17.6 Å². The molecule has 6 rings (SSSR count). The van der Waals surface area contributed by atoms with Gasteiger partial charge in [0.2, 0.25) is 0 Å². The SMILES string of the molecule is C.CC.CC.CC(C)=O.Cc1cc(Cl)cc(Cl)c1.Cc1cc(Cl)ccc1Cl.Cc1cc(F)ccc1Br.Cc1cc(F)ccc1F.Cc1cc(F)ccc1[N+](=O)[O-].Cc1cc([N+](=O)[O-])ccc1[N+](=O)[O-]. The fourth-order valence-electron chi connectivity index (χ4n) is 4.30. The van der Waals surface area contributed by atoms with Gasteiger partial charge < -0.3 is 4.79 Å². The molecule has 0 aliphatic rings. The Kier molecular flexibility index (Phi) is 39.0. The van der Waals surface area contributed by atoms with E-state index >= 15 is 0 Å². The van der Waals surface area contributed by atoms with Crippen LogP contribution >= 0.6 is 62.3 Å². The minimum Gasteiger partial charge on any atom is -0.300 e. The van der Waals surface area contributed by atoms with Crippen LogP contribution in [0.4, 0.5) is 34.6 Å². The van der Waals surface area contributed by atoms with Crippen LogP contribution < -0.4 is 0 Å². The zero-order chi connectivity index (χ0) is 53.4. The molecule has 0 N–H and O–H groups in total. The Morgan fingerprint density at radius 1 is 0.478 bits per heavy atom. The predicted molar refractivity (Wildman–Crippen MR) is 280 cm³/mol. The Morgan fingerprint density at radius 3 is 1.19 bits per heavy atom. The highest BCUT2D eigenvalue weighted by Crippen LogP contribution is 2.23. The number of aryl methyl sites for hydroxylation is 6. The molecule has 69 heavy (non-hydrogen) atoms. The van der Waals surface area contributed by atoms with E-state index in [0.717, 1.165) is 79.7 Å². The summed E-state index contributed by atoms with van der Waals surface area (Å²) in [5, 5.41) is 33.7. The molecule has 0 fully saturated rings. The molecule has 0 aliphatic carbocycles. The highest BCUT2D eigenvalue weighted by molar-refractivity contribution is 9.10. The van der Waals surface area contributed by atoms with Crippen LogP contribution in [0, 0.1) is 95.2 Å². The summed E-state index contributed by atoms with van der Waals surface area (Å²) in [5.74, 6) is -1.23. The predicted octanol–water partition coefficient (Wildman–Crippen LogP) is 18.9. The third kappa shape index (κ3) is 32.9. The molecular formula is C50H58BrCl4F4N3O7. The van der Waals surface area contributed by atoms with E-state index in [1.54, 1.807) is 24.3 Å². The summed E-state index contributed by atoms with van der Waals surface area (Å²) >= 11 is 26.0. The molecule has 6 aromatic carbocycles. The molecule has 0 amide bonds. The van der Waals surface area contributed by atoms with Crippen molar-refractivity contribution in [1.29, 1.82) is 0 Å². The average molecular weight is 1110 g/mol. The van der Waals surface area contributed by atoms with Crippen molar-refractivity contribution in [3.8, 4) is 0 Å². The van der Waals surface area contributed by atoms with E-state index in [-0.39, 0.29) is 41.9 Å². The van der Waals surface area contributed by atoms with Gasteiger partial charge in [0.15, 0.2) is 0 Å². The highest BCUT2D eigenvalue weighted by atomic mass is 79.9. The van der Waals surface area contributed by atoms with Crippen molar-refractivity contribution in [1.82, 2.24) is 0 Å². The largest absolute Gasteiger partial charge is 0.300 e. The molecule has 0 heterocycles. The number of carbonyl (C=O) groups excluding carboxylic acids is 1. The third-order valence-electron chi connectivity index (χ3n) is 7.31. The van der Waals surface area contributed by atoms with E-state index < -0.39 is 26.4 Å². The van der Waals surface area contributed by atoms with E-state index in [1.807, 2.05) is 66.7 Å². The molecule has 6 aromatic rings. The molecule has 10 nitrogen and oxygen atoms in total. The van der Waals surface area contributed by atoms with Gasteiger partial charge in [-0.1, -0.05) is 97.5 Å². The molecule has 0 atom stereocenters. The maximum Gasteiger partial charge on any atom is 0.272 e. The number of nitrogens with zero attached hydrogens (tertiary/aromatic N) is 3. The van der Waals surface area contributed by atoms with Crippen LogP contribution in [0.5, 0.6) is 0 Å². The minimum absolute atomic E-state index is 0. The fourth-order valence-corrected chi connectivity index (χ4v) is 5.52. The minimum atomic E-state index is -0.587. The van der Waals surface area contributed by atoms with Crippen molar-refractivity contribution in [2.75, 3.05) is 0 Å². The van der Waals surface area contributed by atoms with Gasteiger partial charge in [-0.15, -0.1) is 0 Å². The Bertz CT molecular complexity index is 2370. The summed E-state index contributed by atoms with van der Waals surface area (Å²) < 4.78 is 50.2. The van der Waals surface area contributed by atoms with Crippen LogP contribution in [0.2, 0.25) is 20.1 Å². The monoisotopic (exact) mass is 1110 g/mol. The molecule has 0 bridgehead atoms. The topological polar surface area (TPSA) is 146 Å². The Hall–Kier alpha value is -5.45. The highest BCUT2D eigenvalue weighted by Gasteiger charge is 2.14. The van der Waals surface area contributed by atoms with E-state index in [9.17, 15) is 52.7 Å². The quantitative estimate of drug-likeness (QED) is 0.0974. The van der Waals surface area contributed by atoms with Gasteiger partial charge in [0.1, 0.15) is 29.1 Å². The second-order valence-corrected chi connectivity index (χ2v) is 15.8. The van der Waals surface area contributed by atoms with Crippen LogP contribution in [0.1, 0.15) is 82.3 Å². The number of benzene rings is 6. The first-order chi connectivity index (χ1) is 31.6. The van der Waals surface area contributed by atoms with Crippen molar-refractivity contribution in [3.63, 3.8) is 0 Å². The van der Waals surface area contributed by atoms with Gasteiger partial charge in [-0.2, -0.15) is 0 Å². The summed E-state index contributed by atoms with van der Waals surface area (Å²) in [4.78, 5) is 38.6. The summed E-state index contributed by atoms with van der Waals surface area (Å²) in [6.07, 6.45) is 0. The van der Waals surface area contributed by atoms with Crippen LogP contribution in [-0.2, 0) is 4.79 Å². The first kappa shape index (κ1) is 70.1. The van der Waals surface area contributed by atoms with Gasteiger partial charge in [-0.05, 0) is 163 Å². The summed E-state index contributed by atoms with van der Waals surface area (Å²) in [7, 11) is 0. The lowest BCUT2D eigenvalue weighted by atomic mass is 10.2. The van der Waals surface area contributed by atoms with Gasteiger partial charge in [0.05, 0.1) is 14.8 Å². The molecule has 0 unspecified atom stereocenters. The second kappa shape index (κ2) is 38.4. The number of Topliss-reactive ketones (excluding diaryl/α,β-unsaturated/α-hetero) is 1. The van der Waals surface area contributed by atoms with Crippen molar-refractivity contribution in [3.05, 3.63) is 221 Å². The number of halogens is 9. The van der Waals surface area contributed by atoms with Crippen LogP contribution in [-0.4, -0.2) is 20.6 Å². The number of non-ortho nitro benzene ring substituents is 1. The molecule has 378 valence electrons. The molecule has 0 radical (unpaired) electrons. The number of carbonyl (C=O) groups is 1. The van der Waals surface area contributed by atoms with Crippen LogP contribution in [0.15, 0.2) is 114 Å². The zero-order valence-electron chi connectivity index (χ0n) is 39.5. The van der Waals surface area contributed by atoms with Crippen molar-refractivity contribution < 1.29 is 37.1 Å². The Balaban J connectivity index is -0.000000357. The Morgan fingerprint density at radius 2 is 0.870 bits per heavy atom. The van der Waals surface area contributed by atoms with Gasteiger partial charge >= 0.3 is 0 Å². The van der Waals surface area contributed by atoms with Crippen molar-refractivity contribution in [2.24, 2.45) is 0 Å². The summed E-state index contributed by atoms with van der Waals surface area (Å²) in [6, 6.07) is 25.6. The van der Waals surface area contributed by atoms with Gasteiger partial charge in [-0.3, -0.25) is 30.3 Å². The lowest BCUT2D eigenvalue weighted by Crippen LogP contribution is -1.93. The lowest BCUT2D eigenvalue weighted by molar-refractivity contribution is -0.389. The molecular weight excluding hydrogens is 1050 g/mol. The number of nitro benzene ring substituents is 3. The number of hydrogen-bond donors (Lipinski definition) is 0. The van der Waals surface area contributed by atoms with Gasteiger partial charge in [0, 0.05) is 60.0 Å². The number of nitro groups is 3. The first-order valence-electron chi connectivity index (χ1n) is 20.1. The standard InChI is InChI=1S/C7H6BrF.2C7H6Cl2.C7H6F2.C7H6FNO2.C7H6N2O4.C3H6O.2C2H6.CH4/c1-5-4-6(9)2-3-7(5)8;1-5-2-6(8)4-7(9)3-5;2*1-5-4-6(8)2-3-7(5)9;1-5-4-6(8)2-3-7(5)9(10)11;1-5-4-6(8(10)11)2-3-7(5)9(12)13;1-3(2)4;2*1-2;/h4*2-4H,1H3;2-4H,1H3;2-4H,1H3;1-2H3;2*1-2H3;1H4. The molecule has 0 spiro atoms. The maximum atomic E-state index is 12.4. The first-order valence-corrected chi connectivity index (χ1v) is 22.4. The fraction of sp³-hybridized carbons (Fsp3) is 0.260. The second-order valence-electron chi connectivity index (χ2n) is 13.2. The van der Waals surface area contributed by atoms with E-state index in [2.05, 4.69) is 15.9 Å². The van der Waals surface area contributed by atoms with Crippen LogP contribution in [0.25, 0.3) is 0 Å². The smallest absolute Gasteiger partial charge is 0.272 e. The molecule has 0 aromatic heterocycles. The van der Waals surface area contributed by atoms with E-state index in [0.29, 0.717) is 26.7 Å². The molecule has 0 saturated carbocycles. The molecule has 0 aliphatic heterocycles. The average Bonchev–Trinajstić information content (AvgIpc) is 3.24. The molecule has 19 heteroatoms. The Labute approximate surface area is 431 Å². The van der Waals surface area contributed by atoms with Crippen LogP contribution in [0.3, 0.4) is 0 Å². The van der Waals surface area contributed by atoms with Crippen molar-refractivity contribution >= 4 is 85.2 Å². The third-order valence-corrected chi connectivity index (χ3v) is 9.30. The maximum absolute atomic E-state index is 12.4. The lowest BCUT2D eigenvalue weighted by Gasteiger charge is -1.95. The van der Waals surface area contributed by atoms with Gasteiger partial charge in [0.25, 0.3) is 17.1 Å². The number of ketones is 1. The zero-order valence-corrected chi connectivity index (χ0v) is 44.1. The molecule has 0 saturated heterocycles. The van der Waals surface area contributed by atoms with E-state index in [1.165, 1.54) is 52.8 Å². The number of rotatable bonds is 3.